The summed E-state index contributed by atoms with van der Waals surface area (Å²) in [4.78, 5) is 1.91. The van der Waals surface area contributed by atoms with Crippen molar-refractivity contribution in [3.8, 4) is 0 Å². The molecule has 0 amide bonds. The zero-order chi connectivity index (χ0) is 10.7. The van der Waals surface area contributed by atoms with Crippen LogP contribution in [0.3, 0.4) is 0 Å². The van der Waals surface area contributed by atoms with Crippen molar-refractivity contribution in [1.82, 2.24) is 0 Å². The zero-order valence-corrected chi connectivity index (χ0v) is 10.2. The molecule has 3 N–H and O–H groups in total. The minimum Gasteiger partial charge on any atom is -0.399 e. The highest BCUT2D eigenvalue weighted by molar-refractivity contribution is 5.85. The first-order chi connectivity index (χ1) is 6.56. The summed E-state index contributed by atoms with van der Waals surface area (Å²) < 4.78 is 0. The summed E-state index contributed by atoms with van der Waals surface area (Å²) in [5, 5.41) is 9.52. The van der Waals surface area contributed by atoms with Crippen LogP contribution in [0.2, 0.25) is 0 Å². The van der Waals surface area contributed by atoms with E-state index in [0.717, 1.165) is 23.5 Å². The second kappa shape index (κ2) is 5.83. The van der Waals surface area contributed by atoms with E-state index in [0.29, 0.717) is 0 Å². The van der Waals surface area contributed by atoms with Crippen LogP contribution >= 0.6 is 12.4 Å². The van der Waals surface area contributed by atoms with Gasteiger partial charge in [0.1, 0.15) is 6.23 Å². The molecule has 0 aliphatic rings. The number of anilines is 2. The molecular formula is C11H19ClN2O. The normalized spacial score (nSPS) is 11.7. The van der Waals surface area contributed by atoms with E-state index >= 15 is 0 Å². The highest BCUT2D eigenvalue weighted by atomic mass is 35.5. The largest absolute Gasteiger partial charge is 0.399 e. The third-order valence-corrected chi connectivity index (χ3v) is 2.38. The second-order valence-corrected chi connectivity index (χ2v) is 3.46. The number of benzene rings is 1. The molecule has 0 radical (unpaired) electrons. The summed E-state index contributed by atoms with van der Waals surface area (Å²) in [5.74, 6) is 0. The van der Waals surface area contributed by atoms with Crippen LogP contribution in [0.15, 0.2) is 18.2 Å². The van der Waals surface area contributed by atoms with Crippen molar-refractivity contribution in [3.05, 3.63) is 23.8 Å². The van der Waals surface area contributed by atoms with Gasteiger partial charge in [0.2, 0.25) is 0 Å². The van der Waals surface area contributed by atoms with Gasteiger partial charge in [-0.25, -0.2) is 0 Å². The molecule has 0 heterocycles. The lowest BCUT2D eigenvalue weighted by molar-refractivity contribution is 0.190. The molecule has 1 rings (SSSR count). The lowest BCUT2D eigenvalue weighted by Gasteiger charge is -2.26. The Bertz CT molecular complexity index is 315. The molecule has 0 saturated carbocycles. The molecule has 0 aromatic heterocycles. The fraction of sp³-hybridized carbons (Fsp3) is 0.455. The predicted molar refractivity (Wildman–Crippen MR) is 67.5 cm³/mol. The molecule has 0 fully saturated rings. The Morgan fingerprint density at radius 2 is 2.07 bits per heavy atom. The Morgan fingerprint density at radius 3 is 2.47 bits per heavy atom. The highest BCUT2D eigenvalue weighted by Gasteiger charge is 2.09. The summed E-state index contributed by atoms with van der Waals surface area (Å²) in [7, 11) is 0. The maximum atomic E-state index is 9.52. The van der Waals surface area contributed by atoms with Crippen molar-refractivity contribution in [2.45, 2.75) is 27.0 Å². The third-order valence-electron chi connectivity index (χ3n) is 2.38. The van der Waals surface area contributed by atoms with E-state index in [4.69, 9.17) is 5.73 Å². The molecular weight excluding hydrogens is 212 g/mol. The molecule has 0 spiro atoms. The predicted octanol–water partition coefficient (Wildman–Crippen LogP) is 2.16. The van der Waals surface area contributed by atoms with Crippen molar-refractivity contribution < 1.29 is 5.11 Å². The molecule has 3 nitrogen and oxygen atoms in total. The molecule has 0 saturated heterocycles. The van der Waals surface area contributed by atoms with Crippen molar-refractivity contribution in [2.75, 3.05) is 17.2 Å². The topological polar surface area (TPSA) is 49.5 Å². The van der Waals surface area contributed by atoms with Crippen molar-refractivity contribution >= 4 is 23.8 Å². The smallest absolute Gasteiger partial charge is 0.124 e. The highest BCUT2D eigenvalue weighted by Crippen LogP contribution is 2.21. The Hall–Kier alpha value is -0.930. The summed E-state index contributed by atoms with van der Waals surface area (Å²) in [6, 6.07) is 5.79. The van der Waals surface area contributed by atoms with E-state index < -0.39 is 6.23 Å². The van der Waals surface area contributed by atoms with Gasteiger partial charge in [0.05, 0.1) is 0 Å². The number of nitrogens with two attached hydrogens (primary N) is 1. The van der Waals surface area contributed by atoms with Gasteiger partial charge >= 0.3 is 0 Å². The van der Waals surface area contributed by atoms with Gasteiger partial charge in [-0.05, 0) is 44.5 Å². The Morgan fingerprint density at radius 1 is 1.47 bits per heavy atom. The standard InChI is InChI=1S/C11H18N2O.ClH/c1-4-13(9(3)14)10-5-6-11(12)8(2)7-10;/h5-7,9,14H,4,12H2,1-3H3;1H. The van der Waals surface area contributed by atoms with Crippen LogP contribution in [0, 0.1) is 6.92 Å². The first-order valence-corrected chi connectivity index (χ1v) is 4.87. The lowest BCUT2D eigenvalue weighted by atomic mass is 10.1. The average molecular weight is 231 g/mol. The molecule has 0 aliphatic carbocycles. The molecule has 1 aromatic rings. The maximum Gasteiger partial charge on any atom is 0.124 e. The number of nitrogen functional groups attached to an aromatic ring is 1. The summed E-state index contributed by atoms with van der Waals surface area (Å²) in [6.45, 7) is 6.52. The second-order valence-electron chi connectivity index (χ2n) is 3.46. The van der Waals surface area contributed by atoms with Crippen LogP contribution in [-0.4, -0.2) is 17.9 Å². The molecule has 0 bridgehead atoms. The third kappa shape index (κ3) is 3.29. The number of hydrogen-bond donors (Lipinski definition) is 2. The van der Waals surface area contributed by atoms with E-state index in [1.165, 1.54) is 0 Å². The Balaban J connectivity index is 0.00000196. The van der Waals surface area contributed by atoms with Gasteiger partial charge in [-0.2, -0.15) is 0 Å². The van der Waals surface area contributed by atoms with Crippen LogP contribution in [0.5, 0.6) is 0 Å². The molecule has 0 aliphatic heterocycles. The van der Waals surface area contributed by atoms with E-state index in [1.807, 2.05) is 36.9 Å². The first-order valence-electron chi connectivity index (χ1n) is 4.87. The minimum atomic E-state index is -0.469. The van der Waals surface area contributed by atoms with Crippen LogP contribution in [0.1, 0.15) is 19.4 Å². The van der Waals surface area contributed by atoms with E-state index in [-0.39, 0.29) is 12.4 Å². The van der Waals surface area contributed by atoms with E-state index in [1.54, 1.807) is 6.92 Å². The molecule has 1 aromatic carbocycles. The molecule has 1 unspecified atom stereocenters. The van der Waals surface area contributed by atoms with Crippen molar-refractivity contribution in [3.63, 3.8) is 0 Å². The summed E-state index contributed by atoms with van der Waals surface area (Å²) in [6.07, 6.45) is -0.469. The van der Waals surface area contributed by atoms with Crippen molar-refractivity contribution in [2.24, 2.45) is 0 Å². The minimum absolute atomic E-state index is 0. The number of aryl methyl sites for hydroxylation is 1. The quantitative estimate of drug-likeness (QED) is 0.618. The number of hydrogen-bond acceptors (Lipinski definition) is 3. The zero-order valence-electron chi connectivity index (χ0n) is 9.40. The number of rotatable bonds is 3. The van der Waals surface area contributed by atoms with Gasteiger partial charge in [-0.15, -0.1) is 12.4 Å². The van der Waals surface area contributed by atoms with Crippen molar-refractivity contribution in [1.29, 1.82) is 0 Å². The fourth-order valence-electron chi connectivity index (χ4n) is 1.50. The van der Waals surface area contributed by atoms with E-state index in [2.05, 4.69) is 0 Å². The van der Waals surface area contributed by atoms with Gasteiger partial charge in [0, 0.05) is 17.9 Å². The van der Waals surface area contributed by atoms with Gasteiger partial charge in [-0.1, -0.05) is 0 Å². The molecule has 4 heteroatoms. The summed E-state index contributed by atoms with van der Waals surface area (Å²) >= 11 is 0. The van der Waals surface area contributed by atoms with Gasteiger partial charge in [-0.3, -0.25) is 0 Å². The monoisotopic (exact) mass is 230 g/mol. The van der Waals surface area contributed by atoms with Gasteiger partial charge in [0.15, 0.2) is 0 Å². The number of aliphatic hydroxyl groups is 1. The molecule has 86 valence electrons. The molecule has 15 heavy (non-hydrogen) atoms. The van der Waals surface area contributed by atoms with Gasteiger partial charge < -0.3 is 15.7 Å². The van der Waals surface area contributed by atoms with Gasteiger partial charge in [0.25, 0.3) is 0 Å². The van der Waals surface area contributed by atoms with Crippen LogP contribution in [-0.2, 0) is 0 Å². The number of aliphatic hydroxyl groups excluding tert-OH is 1. The van der Waals surface area contributed by atoms with E-state index in [9.17, 15) is 5.11 Å². The number of nitrogens with zero attached hydrogens (tertiary/aromatic N) is 1. The fourth-order valence-corrected chi connectivity index (χ4v) is 1.50. The SMILES string of the molecule is CCN(c1ccc(N)c(C)c1)C(C)O.Cl. The lowest BCUT2D eigenvalue weighted by Crippen LogP contribution is -2.32. The van der Waals surface area contributed by atoms with Crippen LogP contribution in [0.4, 0.5) is 11.4 Å². The number of halogens is 1. The molecule has 1 atom stereocenters. The summed E-state index contributed by atoms with van der Waals surface area (Å²) in [5.41, 5.74) is 8.56. The Kier molecular flexibility index (Phi) is 5.47. The maximum absolute atomic E-state index is 9.52. The van der Waals surface area contributed by atoms with Crippen LogP contribution < -0.4 is 10.6 Å². The average Bonchev–Trinajstić information content (AvgIpc) is 2.11. The first kappa shape index (κ1) is 14.1. The Labute approximate surface area is 97.3 Å². The van der Waals surface area contributed by atoms with Crippen LogP contribution in [0.25, 0.3) is 0 Å².